The molecule has 8 atom stereocenters. The van der Waals surface area contributed by atoms with Gasteiger partial charge in [0.05, 0.1) is 12.2 Å². The van der Waals surface area contributed by atoms with E-state index in [1.807, 2.05) is 0 Å². The van der Waals surface area contributed by atoms with E-state index >= 15 is 0 Å². The summed E-state index contributed by atoms with van der Waals surface area (Å²) in [7, 11) is 0. The minimum Gasteiger partial charge on any atom is -0.393 e. The van der Waals surface area contributed by atoms with E-state index in [1.165, 1.54) is 6.42 Å². The molecule has 0 aliphatic heterocycles. The van der Waals surface area contributed by atoms with E-state index in [2.05, 4.69) is 13.8 Å². The average Bonchev–Trinajstić information content (AvgIpc) is 2.75. The Balaban J connectivity index is 1.69. The Bertz CT molecular complexity index is 489. The first-order chi connectivity index (χ1) is 10.4. The molecular weight excluding hydrogens is 276 g/mol. The van der Waals surface area contributed by atoms with E-state index in [0.29, 0.717) is 35.9 Å². The molecular formula is C19H30O3. The number of hydrogen-bond acceptors (Lipinski definition) is 3. The first kappa shape index (κ1) is 15.1. The normalized spacial score (nSPS) is 57.9. The highest BCUT2D eigenvalue weighted by molar-refractivity contribution is 5.87. The number of fused-ring (bicyclic) bond motifs is 5. The van der Waals surface area contributed by atoms with Gasteiger partial charge >= 0.3 is 0 Å². The van der Waals surface area contributed by atoms with Gasteiger partial charge in [-0.05, 0) is 74.0 Å². The lowest BCUT2D eigenvalue weighted by Crippen LogP contribution is -2.59. The molecule has 4 aliphatic carbocycles. The molecule has 0 aromatic rings. The number of hydrogen-bond donors (Lipinski definition) is 2. The topological polar surface area (TPSA) is 57.5 Å². The molecule has 3 nitrogen and oxygen atoms in total. The predicted molar refractivity (Wildman–Crippen MR) is 84.1 cm³/mol. The molecule has 124 valence electrons. The molecule has 0 aromatic heterocycles. The van der Waals surface area contributed by atoms with Gasteiger partial charge in [-0.15, -0.1) is 0 Å². The second kappa shape index (κ2) is 4.80. The average molecular weight is 306 g/mol. The van der Waals surface area contributed by atoms with Crippen LogP contribution in [0.2, 0.25) is 0 Å². The molecule has 0 saturated heterocycles. The second-order valence-corrected chi connectivity index (χ2v) is 9.16. The van der Waals surface area contributed by atoms with Crippen molar-refractivity contribution in [3.05, 3.63) is 0 Å². The van der Waals surface area contributed by atoms with Gasteiger partial charge in [0.15, 0.2) is 0 Å². The van der Waals surface area contributed by atoms with Crippen LogP contribution in [0.5, 0.6) is 0 Å². The van der Waals surface area contributed by atoms with Gasteiger partial charge in [-0.3, -0.25) is 4.79 Å². The Kier molecular flexibility index (Phi) is 3.30. The van der Waals surface area contributed by atoms with Crippen LogP contribution in [-0.2, 0) is 4.79 Å². The summed E-state index contributed by atoms with van der Waals surface area (Å²) in [5, 5.41) is 21.0. The van der Waals surface area contributed by atoms with Crippen LogP contribution in [0.4, 0.5) is 0 Å². The first-order valence-electron chi connectivity index (χ1n) is 9.25. The van der Waals surface area contributed by atoms with Crippen LogP contribution in [-0.4, -0.2) is 28.2 Å². The molecule has 0 bridgehead atoms. The molecule has 4 saturated carbocycles. The van der Waals surface area contributed by atoms with Crippen LogP contribution in [0.15, 0.2) is 0 Å². The van der Waals surface area contributed by atoms with E-state index in [1.54, 1.807) is 0 Å². The molecule has 2 N–H and O–H groups in total. The van der Waals surface area contributed by atoms with E-state index < -0.39 is 0 Å². The number of carbonyl (C=O) groups excluding carboxylic acids is 1. The van der Waals surface area contributed by atoms with Crippen molar-refractivity contribution >= 4 is 5.78 Å². The van der Waals surface area contributed by atoms with E-state index in [-0.39, 0.29) is 23.0 Å². The van der Waals surface area contributed by atoms with Crippen LogP contribution >= 0.6 is 0 Å². The SMILES string of the molecule is C[C@]12CC[C@H](O)C[C@H]1CC[C@H]1[C@H]2[C@@H](O)C[C@]2(C)C(=O)CC[C@H]12. The molecule has 4 fully saturated rings. The van der Waals surface area contributed by atoms with Crippen molar-refractivity contribution < 1.29 is 15.0 Å². The highest BCUT2D eigenvalue weighted by atomic mass is 16.3. The fourth-order valence-corrected chi connectivity index (χ4v) is 7.13. The van der Waals surface area contributed by atoms with Gasteiger partial charge in [-0.2, -0.15) is 0 Å². The third-order valence-corrected chi connectivity index (χ3v) is 8.28. The van der Waals surface area contributed by atoms with Crippen LogP contribution < -0.4 is 0 Å². The lowest BCUT2D eigenvalue weighted by Gasteiger charge is -2.61. The van der Waals surface area contributed by atoms with Crippen molar-refractivity contribution in [3.63, 3.8) is 0 Å². The molecule has 0 heterocycles. The van der Waals surface area contributed by atoms with Gasteiger partial charge < -0.3 is 10.2 Å². The maximum absolute atomic E-state index is 12.4. The van der Waals surface area contributed by atoms with Gasteiger partial charge in [0.1, 0.15) is 5.78 Å². The summed E-state index contributed by atoms with van der Waals surface area (Å²) >= 11 is 0. The van der Waals surface area contributed by atoms with Crippen LogP contribution in [0.3, 0.4) is 0 Å². The van der Waals surface area contributed by atoms with Crippen LogP contribution in [0.1, 0.15) is 65.2 Å². The summed E-state index contributed by atoms with van der Waals surface area (Å²) in [5.74, 6) is 2.27. The summed E-state index contributed by atoms with van der Waals surface area (Å²) in [4.78, 5) is 12.4. The minimum atomic E-state index is -0.337. The monoisotopic (exact) mass is 306 g/mol. The van der Waals surface area contributed by atoms with E-state index in [9.17, 15) is 15.0 Å². The minimum absolute atomic E-state index is 0.145. The molecule has 0 aromatic carbocycles. The van der Waals surface area contributed by atoms with Crippen molar-refractivity contribution in [2.24, 2.45) is 34.5 Å². The Labute approximate surface area is 133 Å². The van der Waals surface area contributed by atoms with Crippen molar-refractivity contribution in [2.45, 2.75) is 77.4 Å². The standard InChI is InChI=1S/C19H30O3/c1-18-8-7-12(20)9-11(18)3-4-13-14-5-6-16(22)19(14,2)10-15(21)17(13)18/h11-15,17,20-21H,3-10H2,1-2H3/t11-,12+,13-,14-,15+,17+,18+,19+/m1/s1. The fraction of sp³-hybridized carbons (Fsp3) is 0.947. The Hall–Kier alpha value is -0.410. The molecule has 0 radical (unpaired) electrons. The highest BCUT2D eigenvalue weighted by Gasteiger charge is 2.63. The van der Waals surface area contributed by atoms with E-state index in [4.69, 9.17) is 0 Å². The molecule has 0 unspecified atom stereocenters. The Morgan fingerprint density at radius 2 is 1.86 bits per heavy atom. The maximum Gasteiger partial charge on any atom is 0.139 e. The summed E-state index contributed by atoms with van der Waals surface area (Å²) in [6.07, 6.45) is 7.08. The molecule has 22 heavy (non-hydrogen) atoms. The lowest BCUT2D eigenvalue weighted by atomic mass is 9.44. The summed E-state index contributed by atoms with van der Waals surface area (Å²) < 4.78 is 0. The lowest BCUT2D eigenvalue weighted by molar-refractivity contribution is -0.175. The molecule has 3 heteroatoms. The molecule has 4 aliphatic rings. The number of ketones is 1. The van der Waals surface area contributed by atoms with Gasteiger partial charge in [0, 0.05) is 11.8 Å². The first-order valence-corrected chi connectivity index (χ1v) is 9.25. The van der Waals surface area contributed by atoms with Gasteiger partial charge in [0.25, 0.3) is 0 Å². The van der Waals surface area contributed by atoms with Crippen molar-refractivity contribution in [3.8, 4) is 0 Å². The molecule has 4 rings (SSSR count). The predicted octanol–water partition coefficient (Wildman–Crippen LogP) is 2.93. The van der Waals surface area contributed by atoms with Gasteiger partial charge in [-0.1, -0.05) is 13.8 Å². The zero-order chi connectivity index (χ0) is 15.7. The summed E-state index contributed by atoms with van der Waals surface area (Å²) in [5.41, 5.74) is -0.105. The number of aliphatic hydroxyl groups excluding tert-OH is 2. The highest BCUT2D eigenvalue weighted by Crippen LogP contribution is 2.65. The zero-order valence-electron chi connectivity index (χ0n) is 13.9. The Morgan fingerprint density at radius 3 is 2.64 bits per heavy atom. The number of carbonyl (C=O) groups is 1. The third kappa shape index (κ3) is 1.84. The second-order valence-electron chi connectivity index (χ2n) is 9.16. The third-order valence-electron chi connectivity index (χ3n) is 8.28. The van der Waals surface area contributed by atoms with Gasteiger partial charge in [-0.25, -0.2) is 0 Å². The molecule has 0 spiro atoms. The van der Waals surface area contributed by atoms with Crippen molar-refractivity contribution in [1.82, 2.24) is 0 Å². The van der Waals surface area contributed by atoms with Gasteiger partial charge in [0.2, 0.25) is 0 Å². The van der Waals surface area contributed by atoms with Crippen LogP contribution in [0.25, 0.3) is 0 Å². The molecule has 0 amide bonds. The number of aliphatic hydroxyl groups is 2. The number of Topliss-reactive ketones (excluding diaryl/α,β-unsaturated/α-hetero) is 1. The summed E-state index contributed by atoms with van der Waals surface area (Å²) in [6, 6.07) is 0. The fourth-order valence-electron chi connectivity index (χ4n) is 7.13. The van der Waals surface area contributed by atoms with Crippen molar-refractivity contribution in [2.75, 3.05) is 0 Å². The largest absolute Gasteiger partial charge is 0.393 e. The quantitative estimate of drug-likeness (QED) is 0.723. The number of rotatable bonds is 0. The van der Waals surface area contributed by atoms with E-state index in [0.717, 1.165) is 38.5 Å². The van der Waals surface area contributed by atoms with Crippen LogP contribution in [0, 0.1) is 34.5 Å². The van der Waals surface area contributed by atoms with Crippen molar-refractivity contribution in [1.29, 1.82) is 0 Å². The smallest absolute Gasteiger partial charge is 0.139 e. The zero-order valence-corrected chi connectivity index (χ0v) is 13.9. The summed E-state index contributed by atoms with van der Waals surface area (Å²) in [6.45, 7) is 4.48. The Morgan fingerprint density at radius 1 is 1.09 bits per heavy atom. The maximum atomic E-state index is 12.4.